The lowest BCUT2D eigenvalue weighted by Crippen LogP contribution is -2.21. The van der Waals surface area contributed by atoms with E-state index >= 15 is 0 Å². The maximum absolute atomic E-state index is 13.3. The van der Waals surface area contributed by atoms with Gasteiger partial charge in [-0.3, -0.25) is 4.72 Å². The molecule has 2 aromatic rings. The van der Waals surface area contributed by atoms with Crippen molar-refractivity contribution >= 4 is 27.4 Å². The van der Waals surface area contributed by atoms with Gasteiger partial charge in [0.25, 0.3) is 10.0 Å². The molecule has 34 heavy (non-hydrogen) atoms. The van der Waals surface area contributed by atoms with E-state index in [2.05, 4.69) is 21.9 Å². The van der Waals surface area contributed by atoms with Crippen LogP contribution in [-0.2, 0) is 10.0 Å². The van der Waals surface area contributed by atoms with E-state index in [1.807, 2.05) is 0 Å². The minimum Gasteiger partial charge on any atom is -0.492 e. The molecule has 0 aromatic heterocycles. The number of sulfonamides is 1. The second-order valence-electron chi connectivity index (χ2n) is 9.49. The molecule has 182 valence electrons. The fraction of sp³-hybridized carbons (Fsp3) is 0.480. The number of hydrogen-bond donors (Lipinski definition) is 3. The molecule has 5 rings (SSSR count). The van der Waals surface area contributed by atoms with E-state index in [4.69, 9.17) is 4.74 Å². The van der Waals surface area contributed by atoms with E-state index in [0.29, 0.717) is 36.6 Å². The van der Waals surface area contributed by atoms with Gasteiger partial charge in [-0.2, -0.15) is 0 Å². The van der Waals surface area contributed by atoms with Crippen molar-refractivity contribution in [3.8, 4) is 5.75 Å². The van der Waals surface area contributed by atoms with Crippen LogP contribution >= 0.6 is 0 Å². The summed E-state index contributed by atoms with van der Waals surface area (Å²) < 4.78 is 34.9. The highest BCUT2D eigenvalue weighted by molar-refractivity contribution is 7.92. The summed E-state index contributed by atoms with van der Waals surface area (Å²) in [7, 11) is -4.03. The zero-order chi connectivity index (χ0) is 23.9. The molecule has 3 aliphatic rings. The van der Waals surface area contributed by atoms with Crippen LogP contribution in [0.1, 0.15) is 48.0 Å². The highest BCUT2D eigenvalue weighted by Crippen LogP contribution is 2.55. The first-order valence-electron chi connectivity index (χ1n) is 12.0. The van der Waals surface area contributed by atoms with Gasteiger partial charge < -0.3 is 20.1 Å². The maximum atomic E-state index is 13.3. The Balaban J connectivity index is 1.34. The second kappa shape index (κ2) is 9.11. The quantitative estimate of drug-likeness (QED) is 0.495. The molecular formula is C25H31N3O5S. The van der Waals surface area contributed by atoms with Crippen LogP contribution in [0.4, 0.5) is 11.4 Å². The summed E-state index contributed by atoms with van der Waals surface area (Å²) in [6, 6.07) is 10.1. The number of carbonyl (C=O) groups is 1. The van der Waals surface area contributed by atoms with Crippen LogP contribution in [0.5, 0.6) is 5.75 Å². The molecule has 2 heterocycles. The van der Waals surface area contributed by atoms with Gasteiger partial charge in [0.15, 0.2) is 0 Å². The molecule has 3 atom stereocenters. The van der Waals surface area contributed by atoms with Crippen molar-refractivity contribution in [2.45, 2.75) is 37.0 Å². The van der Waals surface area contributed by atoms with Gasteiger partial charge in [0, 0.05) is 19.0 Å². The van der Waals surface area contributed by atoms with E-state index in [1.165, 1.54) is 6.07 Å². The van der Waals surface area contributed by atoms with Gasteiger partial charge in [-0.1, -0.05) is 25.1 Å². The number of likely N-dealkylation sites (tertiary alicyclic amines) is 1. The van der Waals surface area contributed by atoms with Crippen LogP contribution in [0.25, 0.3) is 0 Å². The van der Waals surface area contributed by atoms with Crippen LogP contribution in [0, 0.1) is 11.8 Å². The van der Waals surface area contributed by atoms with Gasteiger partial charge in [0.05, 0.1) is 18.0 Å². The third kappa shape index (κ3) is 4.46. The molecule has 3 N–H and O–H groups in total. The first-order valence-corrected chi connectivity index (χ1v) is 13.5. The van der Waals surface area contributed by atoms with Gasteiger partial charge in [-0.25, -0.2) is 13.2 Å². The molecule has 2 aromatic carbocycles. The summed E-state index contributed by atoms with van der Waals surface area (Å²) >= 11 is 0. The van der Waals surface area contributed by atoms with Crippen molar-refractivity contribution in [1.29, 1.82) is 0 Å². The zero-order valence-electron chi connectivity index (χ0n) is 19.3. The molecule has 9 heteroatoms. The Morgan fingerprint density at radius 3 is 2.79 bits per heavy atom. The van der Waals surface area contributed by atoms with Gasteiger partial charge in [-0.15, -0.1) is 0 Å². The first kappa shape index (κ1) is 23.0. The van der Waals surface area contributed by atoms with Gasteiger partial charge in [0.1, 0.15) is 16.2 Å². The van der Waals surface area contributed by atoms with Crippen LogP contribution in [0.2, 0.25) is 0 Å². The van der Waals surface area contributed by atoms with Crippen LogP contribution in [0.3, 0.4) is 0 Å². The Bertz CT molecular complexity index is 1200. The number of nitrogens with one attached hydrogen (secondary N) is 2. The van der Waals surface area contributed by atoms with Crippen molar-refractivity contribution < 1.29 is 23.1 Å². The van der Waals surface area contributed by atoms with E-state index in [1.54, 1.807) is 30.3 Å². The number of carboxylic acids is 1. The molecule has 0 unspecified atom stereocenters. The van der Waals surface area contributed by atoms with Crippen molar-refractivity contribution in [3.05, 3.63) is 47.5 Å². The monoisotopic (exact) mass is 485 g/mol. The van der Waals surface area contributed by atoms with E-state index in [9.17, 15) is 18.3 Å². The number of nitrogens with zero attached hydrogens (tertiary/aromatic N) is 1. The van der Waals surface area contributed by atoms with Gasteiger partial charge in [0.2, 0.25) is 0 Å². The molecule has 8 nitrogen and oxygen atoms in total. The highest BCUT2D eigenvalue weighted by Gasteiger charge is 2.45. The number of carboxylic acid groups (broad SMARTS) is 1. The Hall–Kier alpha value is -2.78. The molecule has 2 aliphatic heterocycles. The summed E-state index contributed by atoms with van der Waals surface area (Å²) in [5, 5.41) is 13.2. The lowest BCUT2D eigenvalue weighted by atomic mass is 10.0. The van der Waals surface area contributed by atoms with Gasteiger partial charge >= 0.3 is 5.97 Å². The normalized spacial score (nSPS) is 23.5. The predicted octanol–water partition coefficient (Wildman–Crippen LogP) is 3.83. The van der Waals surface area contributed by atoms with Crippen LogP contribution in [0.15, 0.2) is 41.3 Å². The number of para-hydroxylation sites is 1. The van der Waals surface area contributed by atoms with Crippen LogP contribution in [-0.4, -0.2) is 57.2 Å². The molecule has 0 spiro atoms. The number of fused-ring (bicyclic) bond motifs is 3. The molecule has 1 saturated heterocycles. The SMILES string of the molecule is CCN1CC[C@@H](CCNc2ccccc2S(=O)(=O)Nc2ccc3c(c2C(=O)O)OC[C@H]2C[C@@H]32)C1. The minimum atomic E-state index is -4.03. The number of rotatable bonds is 9. The summed E-state index contributed by atoms with van der Waals surface area (Å²) in [5.41, 5.74) is 1.25. The van der Waals surface area contributed by atoms with Crippen LogP contribution < -0.4 is 14.8 Å². The summed E-state index contributed by atoms with van der Waals surface area (Å²) in [6.07, 6.45) is 3.11. The largest absolute Gasteiger partial charge is 0.492 e. The Kier molecular flexibility index (Phi) is 6.16. The summed E-state index contributed by atoms with van der Waals surface area (Å²) in [4.78, 5) is 14.6. The average Bonchev–Trinajstić information content (AvgIpc) is 3.48. The minimum absolute atomic E-state index is 0.0192. The summed E-state index contributed by atoms with van der Waals surface area (Å²) in [6.45, 7) is 6.57. The zero-order valence-corrected chi connectivity index (χ0v) is 20.1. The molecule has 1 saturated carbocycles. The van der Waals surface area contributed by atoms with Crippen molar-refractivity contribution in [2.24, 2.45) is 11.8 Å². The Morgan fingerprint density at radius 2 is 2.03 bits per heavy atom. The number of ether oxygens (including phenoxy) is 1. The second-order valence-corrected chi connectivity index (χ2v) is 11.1. The topological polar surface area (TPSA) is 108 Å². The van der Waals surface area contributed by atoms with Crippen molar-refractivity contribution in [2.75, 3.05) is 42.8 Å². The predicted molar refractivity (Wildman–Crippen MR) is 130 cm³/mol. The molecule has 0 radical (unpaired) electrons. The summed E-state index contributed by atoms with van der Waals surface area (Å²) in [5.74, 6) is 0.424. The average molecular weight is 486 g/mol. The maximum Gasteiger partial charge on any atom is 0.341 e. The highest BCUT2D eigenvalue weighted by atomic mass is 32.2. The third-order valence-corrected chi connectivity index (χ3v) is 8.70. The first-order chi connectivity index (χ1) is 16.4. The number of anilines is 2. The molecule has 1 aliphatic carbocycles. The van der Waals surface area contributed by atoms with E-state index < -0.39 is 16.0 Å². The Morgan fingerprint density at radius 1 is 1.21 bits per heavy atom. The number of benzene rings is 2. The van der Waals surface area contributed by atoms with Gasteiger partial charge in [-0.05, 0) is 68.0 Å². The van der Waals surface area contributed by atoms with Crippen molar-refractivity contribution in [1.82, 2.24) is 4.90 Å². The lowest BCUT2D eigenvalue weighted by Gasteiger charge is -2.21. The molecule has 0 bridgehead atoms. The fourth-order valence-corrected chi connectivity index (χ4v) is 6.50. The fourth-order valence-electron chi connectivity index (χ4n) is 5.24. The molecule has 2 fully saturated rings. The molecular weight excluding hydrogens is 454 g/mol. The smallest absolute Gasteiger partial charge is 0.341 e. The Labute approximate surface area is 200 Å². The van der Waals surface area contributed by atoms with Crippen molar-refractivity contribution in [3.63, 3.8) is 0 Å². The van der Waals surface area contributed by atoms with E-state index in [-0.39, 0.29) is 21.9 Å². The standard InChI is InChI=1S/C25H31N3O5S/c1-2-28-12-10-16(14-28)9-11-26-20-5-3-4-6-22(20)34(31,32)27-21-8-7-18-19-13-17(19)15-33-24(18)23(21)25(29)30/h3-8,16-17,19,26-27H,2,9-15H2,1H3,(H,29,30)/t16-,17-,19-/m1/s1. The number of hydrogen-bond acceptors (Lipinski definition) is 6. The van der Waals surface area contributed by atoms with E-state index in [0.717, 1.165) is 44.5 Å². The molecule has 0 amide bonds. The lowest BCUT2D eigenvalue weighted by molar-refractivity contribution is 0.0692. The number of aromatic carboxylic acids is 1. The third-order valence-electron chi connectivity index (χ3n) is 7.27.